The van der Waals surface area contributed by atoms with Crippen LogP contribution in [-0.4, -0.2) is 9.55 Å². The summed E-state index contributed by atoms with van der Waals surface area (Å²) in [4.78, 5) is 5.22. The van der Waals surface area contributed by atoms with Gasteiger partial charge in [-0.2, -0.15) is 4.98 Å². The predicted molar refractivity (Wildman–Crippen MR) is 168 cm³/mol. The highest BCUT2D eigenvalue weighted by atomic mass is 16.4. The molecule has 0 amide bonds. The molecule has 0 fully saturated rings. The number of benzene rings is 6. The van der Waals surface area contributed by atoms with Crippen molar-refractivity contribution in [3.63, 3.8) is 0 Å². The molecule has 10 aromatic rings. The minimum Gasteiger partial charge on any atom is -0.456 e. The third kappa shape index (κ3) is 2.79. The molecule has 4 aromatic heterocycles. The van der Waals surface area contributed by atoms with E-state index in [0.29, 0.717) is 6.01 Å². The number of hydrogen-bond donors (Lipinski definition) is 0. The van der Waals surface area contributed by atoms with E-state index in [1.54, 1.807) is 0 Å². The molecule has 10 rings (SSSR count). The summed E-state index contributed by atoms with van der Waals surface area (Å²) in [7, 11) is 0. The first kappa shape index (κ1) is 21.9. The molecule has 0 saturated carbocycles. The second-order valence-electron chi connectivity index (χ2n) is 10.7. The van der Waals surface area contributed by atoms with Gasteiger partial charge in [-0.1, -0.05) is 84.9 Å². The highest BCUT2D eigenvalue weighted by Crippen LogP contribution is 2.43. The van der Waals surface area contributed by atoms with Crippen molar-refractivity contribution in [2.45, 2.75) is 0 Å². The van der Waals surface area contributed by atoms with Gasteiger partial charge in [-0.15, -0.1) is 0 Å². The van der Waals surface area contributed by atoms with Crippen molar-refractivity contribution < 1.29 is 13.3 Å². The molecule has 42 heavy (non-hydrogen) atoms. The lowest BCUT2D eigenvalue weighted by molar-refractivity contribution is 0.575. The Balaban J connectivity index is 1.36. The summed E-state index contributed by atoms with van der Waals surface area (Å²) >= 11 is 0. The third-order valence-electron chi connectivity index (χ3n) is 8.45. The fraction of sp³-hybridized carbons (Fsp3) is 0. The highest BCUT2D eigenvalue weighted by molar-refractivity contribution is 6.24. The van der Waals surface area contributed by atoms with Crippen LogP contribution in [-0.2, 0) is 0 Å². The number of rotatable bonds is 2. The van der Waals surface area contributed by atoms with Gasteiger partial charge in [0.25, 0.3) is 0 Å². The van der Waals surface area contributed by atoms with Crippen molar-refractivity contribution in [3.8, 4) is 17.1 Å². The normalized spacial score (nSPS) is 12.3. The maximum Gasteiger partial charge on any atom is 0.307 e. The molecular weight excluding hydrogens is 520 g/mol. The number of fused-ring (bicyclic) bond motifs is 12. The van der Waals surface area contributed by atoms with Crippen molar-refractivity contribution in [1.82, 2.24) is 9.55 Å². The van der Waals surface area contributed by atoms with E-state index in [-0.39, 0.29) is 0 Å². The van der Waals surface area contributed by atoms with Gasteiger partial charge in [0.15, 0.2) is 5.58 Å². The van der Waals surface area contributed by atoms with E-state index in [9.17, 15) is 0 Å². The molecule has 0 atom stereocenters. The van der Waals surface area contributed by atoms with Gasteiger partial charge in [-0.05, 0) is 42.0 Å². The van der Waals surface area contributed by atoms with Gasteiger partial charge in [0.1, 0.15) is 27.8 Å². The number of hydrogen-bond acceptors (Lipinski definition) is 4. The van der Waals surface area contributed by atoms with Gasteiger partial charge < -0.3 is 13.3 Å². The minimum atomic E-state index is 0.502. The van der Waals surface area contributed by atoms with Gasteiger partial charge in [0, 0.05) is 27.1 Å². The van der Waals surface area contributed by atoms with Crippen molar-refractivity contribution in [2.75, 3.05) is 0 Å². The molecule has 0 saturated heterocycles. The Morgan fingerprint density at radius 3 is 2.05 bits per heavy atom. The summed E-state index contributed by atoms with van der Waals surface area (Å²) in [5.74, 6) is 0. The van der Waals surface area contributed by atoms with Crippen molar-refractivity contribution in [3.05, 3.63) is 121 Å². The van der Waals surface area contributed by atoms with Crippen LogP contribution in [0, 0.1) is 0 Å². The lowest BCUT2D eigenvalue weighted by Crippen LogP contribution is -1.93. The molecular formula is C37H20N2O3. The lowest BCUT2D eigenvalue weighted by Gasteiger charge is -2.03. The van der Waals surface area contributed by atoms with E-state index >= 15 is 0 Å². The van der Waals surface area contributed by atoms with Crippen LogP contribution < -0.4 is 0 Å². The van der Waals surface area contributed by atoms with Gasteiger partial charge in [-0.25, -0.2) is 0 Å². The van der Waals surface area contributed by atoms with E-state index in [1.165, 1.54) is 0 Å². The molecule has 0 spiro atoms. The quantitative estimate of drug-likeness (QED) is 0.219. The highest BCUT2D eigenvalue weighted by Gasteiger charge is 2.24. The Bertz CT molecular complexity index is 2690. The Morgan fingerprint density at radius 1 is 0.476 bits per heavy atom. The molecule has 0 radical (unpaired) electrons. The molecule has 6 aromatic carbocycles. The molecule has 0 aliphatic carbocycles. The van der Waals surface area contributed by atoms with Crippen LogP contribution in [0.4, 0.5) is 0 Å². The SMILES string of the molecule is c1ccc(-c2cc3oc4ccccc4c3c3nc(-n4c5ccccc5c5c6oc7ccccc7c6ccc54)oc23)cc1. The summed E-state index contributed by atoms with van der Waals surface area (Å²) in [6, 6.07) is 41.8. The zero-order valence-electron chi connectivity index (χ0n) is 22.2. The fourth-order valence-electron chi connectivity index (χ4n) is 6.64. The standard InChI is InChI=1S/C37H20N2O3/c1-2-10-21(11-3-1)26-20-31-33(25-14-6-9-17-30(25)40-31)34-36(26)42-37(38-34)39-27-15-7-4-13-24(27)32-28(39)19-18-23-22-12-5-8-16-29(22)41-35(23)32/h1-20H. The molecule has 5 nitrogen and oxygen atoms in total. The smallest absolute Gasteiger partial charge is 0.307 e. The van der Waals surface area contributed by atoms with Gasteiger partial charge in [-0.3, -0.25) is 4.57 Å². The topological polar surface area (TPSA) is 57.2 Å². The number of nitrogens with zero attached hydrogens (tertiary/aromatic N) is 2. The largest absolute Gasteiger partial charge is 0.456 e. The average molecular weight is 541 g/mol. The summed E-state index contributed by atoms with van der Waals surface area (Å²) in [6.07, 6.45) is 0. The first-order chi connectivity index (χ1) is 20.8. The van der Waals surface area contributed by atoms with Crippen LogP contribution in [0.2, 0.25) is 0 Å². The third-order valence-corrected chi connectivity index (χ3v) is 8.45. The number of furan rings is 2. The Labute approximate surface area is 237 Å². The molecule has 5 heteroatoms. The van der Waals surface area contributed by atoms with Crippen molar-refractivity contribution >= 4 is 76.8 Å². The maximum atomic E-state index is 6.79. The van der Waals surface area contributed by atoms with E-state index in [4.69, 9.17) is 18.2 Å². The van der Waals surface area contributed by atoms with Crippen LogP contribution in [0.15, 0.2) is 135 Å². The zero-order chi connectivity index (χ0) is 27.4. The van der Waals surface area contributed by atoms with E-state index in [0.717, 1.165) is 87.9 Å². The Hall–Kier alpha value is -5.81. The molecule has 0 N–H and O–H groups in total. The van der Waals surface area contributed by atoms with E-state index in [1.807, 2.05) is 60.7 Å². The Morgan fingerprint density at radius 2 is 1.19 bits per heavy atom. The van der Waals surface area contributed by atoms with Crippen molar-refractivity contribution in [1.29, 1.82) is 0 Å². The predicted octanol–water partition coefficient (Wildman–Crippen LogP) is 10.4. The van der Waals surface area contributed by atoms with Crippen LogP contribution >= 0.6 is 0 Å². The number of aromatic nitrogens is 2. The minimum absolute atomic E-state index is 0.502. The van der Waals surface area contributed by atoms with Gasteiger partial charge in [0.2, 0.25) is 0 Å². The Kier molecular flexibility index (Phi) is 4.12. The van der Waals surface area contributed by atoms with Crippen molar-refractivity contribution in [2.24, 2.45) is 0 Å². The fourth-order valence-corrected chi connectivity index (χ4v) is 6.64. The van der Waals surface area contributed by atoms with Gasteiger partial charge in [0.05, 0.1) is 21.8 Å². The van der Waals surface area contributed by atoms with Gasteiger partial charge >= 0.3 is 6.01 Å². The van der Waals surface area contributed by atoms with Crippen LogP contribution in [0.25, 0.3) is 93.9 Å². The summed E-state index contributed by atoms with van der Waals surface area (Å²) in [5.41, 5.74) is 8.82. The summed E-state index contributed by atoms with van der Waals surface area (Å²) in [6.45, 7) is 0. The molecule has 0 unspecified atom stereocenters. The van der Waals surface area contributed by atoms with Crippen LogP contribution in [0.5, 0.6) is 0 Å². The zero-order valence-corrected chi connectivity index (χ0v) is 22.2. The number of para-hydroxylation sites is 3. The van der Waals surface area contributed by atoms with Crippen LogP contribution in [0.1, 0.15) is 0 Å². The molecule has 196 valence electrons. The van der Waals surface area contributed by atoms with E-state index in [2.05, 4.69) is 65.2 Å². The average Bonchev–Trinajstić information content (AvgIpc) is 3.80. The second-order valence-corrected chi connectivity index (χ2v) is 10.7. The van der Waals surface area contributed by atoms with Crippen LogP contribution in [0.3, 0.4) is 0 Å². The first-order valence-corrected chi connectivity index (χ1v) is 14.0. The second kappa shape index (κ2) is 7.89. The summed E-state index contributed by atoms with van der Waals surface area (Å²) in [5, 5.41) is 6.30. The molecule has 0 aliphatic rings. The molecule has 0 bridgehead atoms. The first-order valence-electron chi connectivity index (χ1n) is 14.0. The lowest BCUT2D eigenvalue weighted by atomic mass is 10.0. The molecule has 4 heterocycles. The summed E-state index contributed by atoms with van der Waals surface area (Å²) < 4.78 is 21.7. The van der Waals surface area contributed by atoms with E-state index < -0.39 is 0 Å². The number of oxazole rings is 1. The monoisotopic (exact) mass is 540 g/mol. The maximum absolute atomic E-state index is 6.79. The molecule has 0 aliphatic heterocycles.